The summed E-state index contributed by atoms with van der Waals surface area (Å²) in [6.07, 6.45) is -3.19. The highest BCUT2D eigenvalue weighted by molar-refractivity contribution is 6.05. The highest BCUT2D eigenvalue weighted by Crippen LogP contribution is 2.30. The number of aryl methyl sites for hydroxylation is 2. The molecular formula is C21H22F3N5O5. The lowest BCUT2D eigenvalue weighted by Gasteiger charge is -2.11. The predicted molar refractivity (Wildman–Crippen MR) is 113 cm³/mol. The van der Waals surface area contributed by atoms with Gasteiger partial charge in [0, 0.05) is 11.6 Å². The quantitative estimate of drug-likeness (QED) is 0.516. The van der Waals surface area contributed by atoms with Crippen LogP contribution in [0.5, 0.6) is 0 Å². The summed E-state index contributed by atoms with van der Waals surface area (Å²) in [6, 6.07) is 1.80. The molecule has 3 aromatic heterocycles. The third-order valence-electron chi connectivity index (χ3n) is 4.63. The molecule has 13 heteroatoms. The molecule has 3 rings (SSSR count). The second-order valence-corrected chi connectivity index (χ2v) is 7.72. The number of halogens is 3. The van der Waals surface area contributed by atoms with Crippen molar-refractivity contribution >= 4 is 28.9 Å². The summed E-state index contributed by atoms with van der Waals surface area (Å²) in [7, 11) is 0. The van der Waals surface area contributed by atoms with Crippen LogP contribution in [0.2, 0.25) is 0 Å². The molecule has 0 fully saturated rings. The van der Waals surface area contributed by atoms with E-state index in [9.17, 15) is 27.6 Å². The van der Waals surface area contributed by atoms with Crippen LogP contribution in [0.3, 0.4) is 0 Å². The molecule has 0 aromatic carbocycles. The van der Waals surface area contributed by atoms with Crippen LogP contribution in [0, 0.1) is 13.8 Å². The molecule has 182 valence electrons. The van der Waals surface area contributed by atoms with Gasteiger partial charge in [-0.3, -0.25) is 10.1 Å². The number of hydrogen-bond acceptors (Lipinski definition) is 7. The number of alkyl halides is 3. The van der Waals surface area contributed by atoms with Crippen LogP contribution in [0.25, 0.3) is 22.3 Å². The molecule has 0 radical (unpaired) electrons. The number of aromatic nitrogens is 3. The summed E-state index contributed by atoms with van der Waals surface area (Å²) in [4.78, 5) is 40.7. The minimum absolute atomic E-state index is 0.0690. The first-order chi connectivity index (χ1) is 15.9. The molecule has 0 aliphatic heterocycles. The van der Waals surface area contributed by atoms with E-state index in [0.29, 0.717) is 33.8 Å². The van der Waals surface area contributed by atoms with Gasteiger partial charge in [-0.15, -0.1) is 0 Å². The van der Waals surface area contributed by atoms with E-state index in [2.05, 4.69) is 10.1 Å². The van der Waals surface area contributed by atoms with Gasteiger partial charge >= 0.3 is 18.2 Å². The number of carbonyl (C=O) groups excluding carboxylic acids is 3. The molecule has 0 atom stereocenters. The Hall–Kier alpha value is -3.90. The minimum atomic E-state index is -4.64. The van der Waals surface area contributed by atoms with E-state index >= 15 is 0 Å². The highest BCUT2D eigenvalue weighted by Gasteiger charge is 2.28. The molecule has 3 heterocycles. The third-order valence-corrected chi connectivity index (χ3v) is 4.63. The number of fused-ring (bicyclic) bond motifs is 1. The van der Waals surface area contributed by atoms with Crippen LogP contribution in [-0.2, 0) is 9.53 Å². The topological polar surface area (TPSA) is 128 Å². The van der Waals surface area contributed by atoms with Crippen molar-refractivity contribution in [2.75, 3.05) is 13.2 Å². The van der Waals surface area contributed by atoms with Gasteiger partial charge in [0.05, 0.1) is 22.8 Å². The number of nitrogens with zero attached hydrogens (tertiary/aromatic N) is 3. The Bertz CT molecular complexity index is 1250. The van der Waals surface area contributed by atoms with E-state index in [1.54, 1.807) is 29.9 Å². The number of esters is 1. The van der Waals surface area contributed by atoms with E-state index in [0.717, 1.165) is 0 Å². The van der Waals surface area contributed by atoms with Crippen molar-refractivity contribution in [3.05, 3.63) is 35.4 Å². The fourth-order valence-corrected chi connectivity index (χ4v) is 3.18. The van der Waals surface area contributed by atoms with Crippen molar-refractivity contribution in [2.24, 2.45) is 0 Å². The zero-order chi connectivity index (χ0) is 25.2. The van der Waals surface area contributed by atoms with Crippen LogP contribution >= 0.6 is 0 Å². The summed E-state index contributed by atoms with van der Waals surface area (Å²) in [5, 5.41) is 7.79. The zero-order valence-electron chi connectivity index (χ0n) is 18.7. The van der Waals surface area contributed by atoms with Gasteiger partial charge in [0.25, 0.3) is 5.91 Å². The Labute approximate surface area is 191 Å². The molecule has 3 amide bonds. The second-order valence-electron chi connectivity index (χ2n) is 7.72. The average Bonchev–Trinajstić information content (AvgIpc) is 3.31. The lowest BCUT2D eigenvalue weighted by atomic mass is 10.1. The van der Waals surface area contributed by atoms with Crippen molar-refractivity contribution in [1.82, 2.24) is 25.4 Å². The van der Waals surface area contributed by atoms with E-state index < -0.39 is 37.2 Å². The number of nitrogens with one attached hydrogen (secondary N) is 2. The number of urea groups is 1. The standard InChI is InChI=1S/C21H22F3N5O5/c1-10(2)29-18-15(7-26-29)14(6-16(27-18)13-5-11(3)34-12(13)4)19(31)33-8-17(30)28-20(32)25-9-21(22,23)24/h5-7,10H,8-9H2,1-4H3,(H2,25,28,30,32). The smallest absolute Gasteiger partial charge is 0.405 e. The van der Waals surface area contributed by atoms with Crippen LogP contribution in [0.1, 0.15) is 41.8 Å². The van der Waals surface area contributed by atoms with Crippen LogP contribution in [-0.4, -0.2) is 52.0 Å². The largest absolute Gasteiger partial charge is 0.466 e. The average molecular weight is 481 g/mol. The SMILES string of the molecule is Cc1cc(-c2cc(C(=O)OCC(=O)NC(=O)NCC(F)(F)F)c3cnn(C(C)C)c3n2)c(C)o1. The Balaban J connectivity index is 1.82. The van der Waals surface area contributed by atoms with Gasteiger partial charge in [0.2, 0.25) is 0 Å². The molecule has 0 spiro atoms. The van der Waals surface area contributed by atoms with Gasteiger partial charge in [-0.25, -0.2) is 19.3 Å². The summed E-state index contributed by atoms with van der Waals surface area (Å²) in [6.45, 7) is 4.79. The number of pyridine rings is 1. The van der Waals surface area contributed by atoms with Crippen molar-refractivity contribution in [2.45, 2.75) is 39.9 Å². The van der Waals surface area contributed by atoms with Crippen molar-refractivity contribution in [1.29, 1.82) is 0 Å². The molecule has 0 aliphatic rings. The molecule has 34 heavy (non-hydrogen) atoms. The summed E-state index contributed by atoms with van der Waals surface area (Å²) in [5.74, 6) is -0.765. The maximum absolute atomic E-state index is 12.8. The summed E-state index contributed by atoms with van der Waals surface area (Å²) < 4.78 is 48.6. The number of hydrogen-bond donors (Lipinski definition) is 2. The minimum Gasteiger partial charge on any atom is -0.466 e. The lowest BCUT2D eigenvalue weighted by molar-refractivity contribution is -0.125. The van der Waals surface area contributed by atoms with E-state index in [4.69, 9.17) is 9.15 Å². The Morgan fingerprint density at radius 3 is 2.50 bits per heavy atom. The van der Waals surface area contributed by atoms with Gasteiger partial charge in [-0.1, -0.05) is 0 Å². The van der Waals surface area contributed by atoms with Gasteiger partial charge in [-0.2, -0.15) is 18.3 Å². The van der Waals surface area contributed by atoms with E-state index in [-0.39, 0.29) is 11.6 Å². The molecule has 0 saturated heterocycles. The van der Waals surface area contributed by atoms with Crippen molar-refractivity contribution in [3.63, 3.8) is 0 Å². The normalized spacial score (nSPS) is 11.6. The first-order valence-corrected chi connectivity index (χ1v) is 10.1. The maximum Gasteiger partial charge on any atom is 0.405 e. The Kier molecular flexibility index (Phi) is 6.93. The molecule has 0 unspecified atom stereocenters. The van der Waals surface area contributed by atoms with Crippen LogP contribution in [0.4, 0.5) is 18.0 Å². The summed E-state index contributed by atoms with van der Waals surface area (Å²) in [5.41, 5.74) is 1.56. The highest BCUT2D eigenvalue weighted by atomic mass is 19.4. The summed E-state index contributed by atoms with van der Waals surface area (Å²) >= 11 is 0. The number of carbonyl (C=O) groups is 3. The molecule has 10 nitrogen and oxygen atoms in total. The number of ether oxygens (including phenoxy) is 1. The fraction of sp³-hybridized carbons (Fsp3) is 0.381. The third kappa shape index (κ3) is 5.71. The van der Waals surface area contributed by atoms with Crippen molar-refractivity contribution in [3.8, 4) is 11.3 Å². The predicted octanol–water partition coefficient (Wildman–Crippen LogP) is 3.43. The monoisotopic (exact) mass is 481 g/mol. The lowest BCUT2D eigenvalue weighted by Crippen LogP contribution is -2.44. The van der Waals surface area contributed by atoms with Crippen LogP contribution in [0.15, 0.2) is 22.7 Å². The van der Waals surface area contributed by atoms with Gasteiger partial charge in [0.1, 0.15) is 18.1 Å². The Morgan fingerprint density at radius 2 is 1.91 bits per heavy atom. The zero-order valence-corrected chi connectivity index (χ0v) is 18.7. The van der Waals surface area contributed by atoms with Gasteiger partial charge in [0.15, 0.2) is 12.3 Å². The van der Waals surface area contributed by atoms with Crippen molar-refractivity contribution < 1.29 is 36.7 Å². The molecule has 0 saturated carbocycles. The maximum atomic E-state index is 12.8. The molecular weight excluding hydrogens is 459 g/mol. The number of imide groups is 1. The first-order valence-electron chi connectivity index (χ1n) is 10.1. The second kappa shape index (κ2) is 9.53. The number of amides is 3. The van der Waals surface area contributed by atoms with Gasteiger partial charge in [-0.05, 0) is 39.8 Å². The Morgan fingerprint density at radius 1 is 1.21 bits per heavy atom. The molecule has 2 N–H and O–H groups in total. The van der Waals surface area contributed by atoms with E-state index in [1.807, 2.05) is 13.8 Å². The van der Waals surface area contributed by atoms with Gasteiger partial charge < -0.3 is 14.5 Å². The molecule has 0 aliphatic carbocycles. The van der Waals surface area contributed by atoms with Crippen LogP contribution < -0.4 is 10.6 Å². The number of rotatable bonds is 6. The number of furan rings is 1. The fourth-order valence-electron chi connectivity index (χ4n) is 3.18. The first kappa shape index (κ1) is 24.7. The molecule has 0 bridgehead atoms. The molecule has 3 aromatic rings. The van der Waals surface area contributed by atoms with E-state index in [1.165, 1.54) is 17.6 Å².